The lowest BCUT2D eigenvalue weighted by Crippen LogP contribution is -2.31. The summed E-state index contributed by atoms with van der Waals surface area (Å²) in [6.07, 6.45) is 7.03. The van der Waals surface area contributed by atoms with Crippen molar-refractivity contribution in [2.45, 2.75) is 31.7 Å². The second-order valence-corrected chi connectivity index (χ2v) is 7.80. The number of aryl methyl sites for hydroxylation is 1. The lowest BCUT2D eigenvalue weighted by molar-refractivity contribution is -0.134. The Morgan fingerprint density at radius 1 is 1.28 bits per heavy atom. The van der Waals surface area contributed by atoms with Gasteiger partial charge in [0.05, 0.1) is 7.11 Å². The maximum absolute atomic E-state index is 11.3. The second-order valence-electron chi connectivity index (χ2n) is 7.36. The summed E-state index contributed by atoms with van der Waals surface area (Å²) in [7, 11) is 1.38. The first kappa shape index (κ1) is 21.6. The highest BCUT2D eigenvalue weighted by Crippen LogP contribution is 2.36. The Hall–Kier alpha value is -2.14. The smallest absolute Gasteiger partial charge is 0.330 e. The van der Waals surface area contributed by atoms with Crippen LogP contribution in [-0.4, -0.2) is 42.8 Å². The molecule has 4 nitrogen and oxygen atoms in total. The first-order valence-electron chi connectivity index (χ1n) is 10.1. The number of aliphatic hydroxyl groups excluding tert-OH is 1. The minimum Gasteiger partial charge on any atom is -0.466 e. The molecule has 0 aromatic heterocycles. The van der Waals surface area contributed by atoms with Crippen molar-refractivity contribution in [3.05, 3.63) is 75.8 Å². The van der Waals surface area contributed by atoms with Crippen molar-refractivity contribution in [3.8, 4) is 0 Å². The third-order valence-corrected chi connectivity index (χ3v) is 5.68. The van der Waals surface area contributed by atoms with Gasteiger partial charge in [-0.25, -0.2) is 4.79 Å². The first-order chi connectivity index (χ1) is 14.1. The molecule has 0 aliphatic heterocycles. The quantitative estimate of drug-likeness (QED) is 0.487. The number of aliphatic hydroxyl groups is 1. The van der Waals surface area contributed by atoms with Gasteiger partial charge in [-0.15, -0.1) is 0 Å². The molecule has 0 bridgehead atoms. The summed E-state index contributed by atoms with van der Waals surface area (Å²) in [5.41, 5.74) is 4.92. The number of benzene rings is 2. The normalized spacial score (nSPS) is 15.8. The van der Waals surface area contributed by atoms with Crippen molar-refractivity contribution in [3.63, 3.8) is 0 Å². The Labute approximate surface area is 177 Å². The van der Waals surface area contributed by atoms with Gasteiger partial charge in [0.15, 0.2) is 0 Å². The van der Waals surface area contributed by atoms with E-state index >= 15 is 0 Å². The molecule has 2 aromatic rings. The van der Waals surface area contributed by atoms with E-state index in [4.69, 9.17) is 11.6 Å². The molecule has 0 saturated carbocycles. The van der Waals surface area contributed by atoms with Gasteiger partial charge in [0.2, 0.25) is 0 Å². The van der Waals surface area contributed by atoms with Crippen molar-refractivity contribution in [1.29, 1.82) is 0 Å². The fourth-order valence-corrected chi connectivity index (χ4v) is 4.21. The Bertz CT molecular complexity index is 865. The minimum atomic E-state index is -0.348. The zero-order valence-electron chi connectivity index (χ0n) is 16.8. The summed E-state index contributed by atoms with van der Waals surface area (Å²) in [5, 5.41) is 10.1. The van der Waals surface area contributed by atoms with Crippen molar-refractivity contribution in [2.24, 2.45) is 0 Å². The topological polar surface area (TPSA) is 49.8 Å². The van der Waals surface area contributed by atoms with Gasteiger partial charge in [-0.2, -0.15) is 0 Å². The molecule has 0 saturated heterocycles. The molecule has 154 valence electrons. The number of hydrogen-bond donors (Lipinski definition) is 1. The van der Waals surface area contributed by atoms with Crippen LogP contribution in [0.4, 0.5) is 0 Å². The summed E-state index contributed by atoms with van der Waals surface area (Å²) in [6, 6.07) is 14.8. The molecule has 5 heteroatoms. The van der Waals surface area contributed by atoms with Gasteiger partial charge in [0.25, 0.3) is 0 Å². The molecule has 0 fully saturated rings. The van der Waals surface area contributed by atoms with Crippen LogP contribution in [0.5, 0.6) is 0 Å². The molecular weight excluding hydrogens is 386 g/mol. The number of carbonyl (C=O) groups excluding carboxylic acids is 1. The van der Waals surface area contributed by atoms with Crippen LogP contribution in [0, 0.1) is 0 Å². The van der Waals surface area contributed by atoms with E-state index in [1.807, 2.05) is 18.2 Å². The molecule has 3 rings (SSSR count). The van der Waals surface area contributed by atoms with Gasteiger partial charge < -0.3 is 9.84 Å². The van der Waals surface area contributed by atoms with E-state index in [1.165, 1.54) is 29.9 Å². The number of methoxy groups -OCH3 is 1. The standard InChI is InChI=1S/C24H28ClNO3/c1-29-24(28)11-7-19-6-9-22-20(16-19)8-10-23(22)26(13-3-15-27)14-12-18-4-2-5-21(25)17-18/h2,4-7,9,11,16-17,23,27H,3,8,10,12-15H2,1H3. The van der Waals surface area contributed by atoms with Gasteiger partial charge >= 0.3 is 5.97 Å². The van der Waals surface area contributed by atoms with E-state index in [2.05, 4.69) is 33.9 Å². The first-order valence-corrected chi connectivity index (χ1v) is 10.5. The van der Waals surface area contributed by atoms with Crippen LogP contribution in [0.25, 0.3) is 6.08 Å². The second kappa shape index (κ2) is 10.6. The highest BCUT2D eigenvalue weighted by Gasteiger charge is 2.27. The molecule has 1 unspecified atom stereocenters. The Balaban J connectivity index is 1.73. The Kier molecular flexibility index (Phi) is 7.87. The summed E-state index contributed by atoms with van der Waals surface area (Å²) >= 11 is 6.13. The summed E-state index contributed by atoms with van der Waals surface area (Å²) in [5.74, 6) is -0.348. The molecule has 0 spiro atoms. The fraction of sp³-hybridized carbons (Fsp3) is 0.375. The van der Waals surface area contributed by atoms with E-state index in [-0.39, 0.29) is 12.6 Å². The predicted molar refractivity (Wildman–Crippen MR) is 117 cm³/mol. The molecule has 1 aliphatic carbocycles. The minimum absolute atomic E-state index is 0.199. The van der Waals surface area contributed by atoms with Crippen LogP contribution in [-0.2, 0) is 22.4 Å². The molecule has 1 aliphatic rings. The molecule has 29 heavy (non-hydrogen) atoms. The molecule has 0 radical (unpaired) electrons. The Morgan fingerprint density at radius 2 is 2.14 bits per heavy atom. The maximum atomic E-state index is 11.3. The van der Waals surface area contributed by atoms with Gasteiger partial charge in [-0.3, -0.25) is 4.90 Å². The molecule has 1 atom stereocenters. The van der Waals surface area contributed by atoms with E-state index in [0.29, 0.717) is 6.04 Å². The van der Waals surface area contributed by atoms with E-state index < -0.39 is 0 Å². The van der Waals surface area contributed by atoms with Gasteiger partial charge in [0, 0.05) is 36.8 Å². The average Bonchev–Trinajstić information content (AvgIpc) is 3.15. The highest BCUT2D eigenvalue weighted by atomic mass is 35.5. The predicted octanol–water partition coefficient (Wildman–Crippen LogP) is 4.44. The maximum Gasteiger partial charge on any atom is 0.330 e. The molecule has 0 heterocycles. The van der Waals surface area contributed by atoms with E-state index in [1.54, 1.807) is 6.08 Å². The van der Waals surface area contributed by atoms with Crippen LogP contribution >= 0.6 is 11.6 Å². The van der Waals surface area contributed by atoms with Crippen molar-refractivity contribution < 1.29 is 14.6 Å². The number of carbonyl (C=O) groups is 1. The monoisotopic (exact) mass is 413 g/mol. The van der Waals surface area contributed by atoms with Gasteiger partial charge in [-0.05, 0) is 66.1 Å². The van der Waals surface area contributed by atoms with Crippen LogP contribution in [0.15, 0.2) is 48.5 Å². The van der Waals surface area contributed by atoms with Crippen LogP contribution in [0.2, 0.25) is 5.02 Å². The van der Waals surface area contributed by atoms with Crippen molar-refractivity contribution in [1.82, 2.24) is 4.90 Å². The van der Waals surface area contributed by atoms with Crippen LogP contribution in [0.1, 0.15) is 41.1 Å². The highest BCUT2D eigenvalue weighted by molar-refractivity contribution is 6.30. The zero-order valence-corrected chi connectivity index (χ0v) is 17.6. The number of nitrogens with zero attached hydrogens (tertiary/aromatic N) is 1. The molecule has 0 amide bonds. The third-order valence-electron chi connectivity index (χ3n) is 5.45. The van der Waals surface area contributed by atoms with Crippen LogP contribution in [0.3, 0.4) is 0 Å². The van der Waals surface area contributed by atoms with E-state index in [0.717, 1.165) is 49.4 Å². The SMILES string of the molecule is COC(=O)C=Cc1ccc2c(c1)CCC2N(CCCO)CCc1cccc(Cl)c1. The van der Waals surface area contributed by atoms with Crippen molar-refractivity contribution in [2.75, 3.05) is 26.8 Å². The summed E-state index contributed by atoms with van der Waals surface area (Å²) in [6.45, 7) is 1.99. The van der Waals surface area contributed by atoms with Crippen molar-refractivity contribution >= 4 is 23.6 Å². The van der Waals surface area contributed by atoms with E-state index in [9.17, 15) is 9.90 Å². The summed E-state index contributed by atoms with van der Waals surface area (Å²) in [4.78, 5) is 13.8. The third kappa shape index (κ3) is 5.92. The molecular formula is C24H28ClNO3. The van der Waals surface area contributed by atoms with Crippen LogP contribution < -0.4 is 0 Å². The number of rotatable bonds is 9. The Morgan fingerprint density at radius 3 is 2.90 bits per heavy atom. The molecule has 1 N–H and O–H groups in total. The number of halogens is 1. The largest absolute Gasteiger partial charge is 0.466 e. The zero-order chi connectivity index (χ0) is 20.6. The fourth-order valence-electron chi connectivity index (χ4n) is 3.99. The number of esters is 1. The van der Waals surface area contributed by atoms with Gasteiger partial charge in [-0.1, -0.05) is 41.9 Å². The molecule has 2 aromatic carbocycles. The lowest BCUT2D eigenvalue weighted by Gasteiger charge is -2.29. The number of fused-ring (bicyclic) bond motifs is 1. The number of hydrogen-bond acceptors (Lipinski definition) is 4. The average molecular weight is 414 g/mol. The van der Waals surface area contributed by atoms with Gasteiger partial charge in [0.1, 0.15) is 0 Å². The number of ether oxygens (including phenoxy) is 1. The summed E-state index contributed by atoms with van der Waals surface area (Å²) < 4.78 is 4.66. The lowest BCUT2D eigenvalue weighted by atomic mass is 10.0.